The standard InChI is InChI=1S/C18H22F2N4O4S2/c19-15-5-1-3-13(17(15)20)12-29-18-21-14(4-2-8-25)11-16(22-18)23-30(26,27)24-6-9-28-10-7-24/h1,3,5,11,25H,2,4,6-10,12H2,(H,21,22,23). The number of anilines is 1. The summed E-state index contributed by atoms with van der Waals surface area (Å²) in [7, 11) is -3.83. The molecule has 12 heteroatoms. The van der Waals surface area contributed by atoms with Gasteiger partial charge < -0.3 is 9.84 Å². The first-order chi connectivity index (χ1) is 14.4. The predicted octanol–water partition coefficient (Wildman–Crippen LogP) is 1.96. The van der Waals surface area contributed by atoms with Crippen molar-refractivity contribution in [2.45, 2.75) is 23.8 Å². The van der Waals surface area contributed by atoms with Gasteiger partial charge >= 0.3 is 10.2 Å². The molecule has 0 saturated carbocycles. The van der Waals surface area contributed by atoms with Gasteiger partial charge in [0.25, 0.3) is 0 Å². The molecular weight excluding hydrogens is 438 g/mol. The highest BCUT2D eigenvalue weighted by Crippen LogP contribution is 2.25. The zero-order valence-electron chi connectivity index (χ0n) is 16.1. The summed E-state index contributed by atoms with van der Waals surface area (Å²) in [5, 5.41) is 9.29. The normalized spacial score (nSPS) is 15.3. The highest BCUT2D eigenvalue weighted by molar-refractivity contribution is 7.98. The van der Waals surface area contributed by atoms with Gasteiger partial charge in [-0.1, -0.05) is 23.9 Å². The average molecular weight is 461 g/mol. The van der Waals surface area contributed by atoms with Crippen molar-refractivity contribution >= 4 is 27.8 Å². The van der Waals surface area contributed by atoms with Crippen LogP contribution in [0.2, 0.25) is 0 Å². The van der Waals surface area contributed by atoms with Crippen LogP contribution in [-0.4, -0.2) is 60.7 Å². The Bertz CT molecular complexity index is 973. The quantitative estimate of drug-likeness (QED) is 0.435. The molecular formula is C18H22F2N4O4S2. The number of aliphatic hydroxyl groups excluding tert-OH is 1. The van der Waals surface area contributed by atoms with Crippen molar-refractivity contribution in [2.75, 3.05) is 37.6 Å². The van der Waals surface area contributed by atoms with Crippen molar-refractivity contribution in [3.63, 3.8) is 0 Å². The third kappa shape index (κ3) is 6.08. The zero-order valence-corrected chi connectivity index (χ0v) is 17.7. The molecule has 0 atom stereocenters. The molecule has 2 aromatic rings. The van der Waals surface area contributed by atoms with E-state index >= 15 is 0 Å². The Kier molecular flexibility index (Phi) is 7.94. The number of hydrogen-bond donors (Lipinski definition) is 2. The minimum atomic E-state index is -3.83. The van der Waals surface area contributed by atoms with Gasteiger partial charge in [0, 0.05) is 42.8 Å². The Morgan fingerprint density at radius 3 is 2.73 bits per heavy atom. The van der Waals surface area contributed by atoms with Crippen molar-refractivity contribution in [3.05, 3.63) is 47.2 Å². The molecule has 1 aromatic carbocycles. The number of rotatable bonds is 9. The maximum atomic E-state index is 13.9. The van der Waals surface area contributed by atoms with Gasteiger partial charge in [0.1, 0.15) is 5.82 Å². The number of benzene rings is 1. The van der Waals surface area contributed by atoms with E-state index in [1.54, 1.807) is 0 Å². The van der Waals surface area contributed by atoms with Crippen molar-refractivity contribution < 1.29 is 27.0 Å². The first-order valence-electron chi connectivity index (χ1n) is 9.29. The Labute approximate surface area is 177 Å². The van der Waals surface area contributed by atoms with E-state index in [-0.39, 0.29) is 42.0 Å². The summed E-state index contributed by atoms with van der Waals surface area (Å²) in [5.74, 6) is -1.73. The summed E-state index contributed by atoms with van der Waals surface area (Å²) >= 11 is 1.06. The summed E-state index contributed by atoms with van der Waals surface area (Å²) in [6, 6.07) is 5.41. The van der Waals surface area contributed by atoms with Gasteiger partial charge in [-0.25, -0.2) is 18.7 Å². The van der Waals surface area contributed by atoms with E-state index in [0.717, 1.165) is 17.8 Å². The molecule has 164 valence electrons. The van der Waals surface area contributed by atoms with Gasteiger partial charge in [-0.2, -0.15) is 12.7 Å². The second kappa shape index (κ2) is 10.4. The third-order valence-electron chi connectivity index (χ3n) is 4.28. The van der Waals surface area contributed by atoms with E-state index in [4.69, 9.17) is 9.84 Å². The fourth-order valence-electron chi connectivity index (χ4n) is 2.76. The van der Waals surface area contributed by atoms with Crippen molar-refractivity contribution in [3.8, 4) is 0 Å². The number of nitrogens with one attached hydrogen (secondary N) is 1. The minimum absolute atomic E-state index is 0.0458. The van der Waals surface area contributed by atoms with Gasteiger partial charge in [0.05, 0.1) is 13.2 Å². The monoisotopic (exact) mass is 460 g/mol. The number of nitrogens with zero attached hydrogens (tertiary/aromatic N) is 3. The smallest absolute Gasteiger partial charge is 0.302 e. The number of morpholine rings is 1. The second-order valence-electron chi connectivity index (χ2n) is 6.47. The van der Waals surface area contributed by atoms with E-state index in [1.165, 1.54) is 22.5 Å². The topological polar surface area (TPSA) is 105 Å². The van der Waals surface area contributed by atoms with Crippen LogP contribution in [0.15, 0.2) is 29.4 Å². The Hall–Kier alpha value is -1.86. The van der Waals surface area contributed by atoms with Crippen LogP contribution < -0.4 is 4.72 Å². The van der Waals surface area contributed by atoms with Gasteiger partial charge in [0.15, 0.2) is 16.8 Å². The molecule has 0 amide bonds. The SMILES string of the molecule is O=S(=O)(Nc1cc(CCCO)nc(SCc2cccc(F)c2F)n1)N1CCOCC1. The summed E-state index contributed by atoms with van der Waals surface area (Å²) in [6.07, 6.45) is 0.850. The van der Waals surface area contributed by atoms with Crippen LogP contribution in [0.1, 0.15) is 17.7 Å². The molecule has 1 fully saturated rings. The van der Waals surface area contributed by atoms with E-state index in [9.17, 15) is 17.2 Å². The van der Waals surface area contributed by atoms with Crippen LogP contribution in [0.4, 0.5) is 14.6 Å². The van der Waals surface area contributed by atoms with Gasteiger partial charge in [-0.15, -0.1) is 0 Å². The lowest BCUT2D eigenvalue weighted by Crippen LogP contribution is -2.43. The van der Waals surface area contributed by atoms with Crippen molar-refractivity contribution in [2.24, 2.45) is 0 Å². The summed E-state index contributed by atoms with van der Waals surface area (Å²) in [4.78, 5) is 8.55. The third-order valence-corrected chi connectivity index (χ3v) is 6.69. The Morgan fingerprint density at radius 2 is 2.00 bits per heavy atom. The molecule has 1 aliphatic heterocycles. The van der Waals surface area contributed by atoms with Crippen LogP contribution in [0, 0.1) is 11.6 Å². The number of aliphatic hydroxyl groups is 1. The largest absolute Gasteiger partial charge is 0.396 e. The number of ether oxygens (including phenoxy) is 1. The molecule has 1 saturated heterocycles. The molecule has 0 bridgehead atoms. The van der Waals surface area contributed by atoms with Gasteiger partial charge in [-0.3, -0.25) is 4.72 Å². The number of aromatic nitrogens is 2. The average Bonchev–Trinajstić information content (AvgIpc) is 2.73. The number of aryl methyl sites for hydroxylation is 1. The first-order valence-corrected chi connectivity index (χ1v) is 11.7. The number of hydrogen-bond acceptors (Lipinski definition) is 7. The predicted molar refractivity (Wildman–Crippen MR) is 108 cm³/mol. The zero-order chi connectivity index (χ0) is 21.6. The summed E-state index contributed by atoms with van der Waals surface area (Å²) < 4.78 is 61.4. The fraction of sp³-hybridized carbons (Fsp3) is 0.444. The summed E-state index contributed by atoms with van der Waals surface area (Å²) in [6.45, 7) is 1.05. The maximum Gasteiger partial charge on any atom is 0.302 e. The molecule has 0 unspecified atom stereocenters. The molecule has 3 rings (SSSR count). The Balaban J connectivity index is 1.79. The van der Waals surface area contributed by atoms with Crippen molar-refractivity contribution in [1.29, 1.82) is 0 Å². The van der Waals surface area contributed by atoms with Crippen LogP contribution in [-0.2, 0) is 27.1 Å². The van der Waals surface area contributed by atoms with Crippen LogP contribution in [0.3, 0.4) is 0 Å². The molecule has 2 heterocycles. The van der Waals surface area contributed by atoms with Crippen LogP contribution in [0.25, 0.3) is 0 Å². The molecule has 1 aliphatic rings. The maximum absolute atomic E-state index is 13.9. The highest BCUT2D eigenvalue weighted by Gasteiger charge is 2.25. The molecule has 8 nitrogen and oxygen atoms in total. The molecule has 0 aliphatic carbocycles. The molecule has 0 radical (unpaired) electrons. The molecule has 30 heavy (non-hydrogen) atoms. The lowest BCUT2D eigenvalue weighted by Gasteiger charge is -2.26. The van der Waals surface area contributed by atoms with E-state index in [0.29, 0.717) is 31.7 Å². The van der Waals surface area contributed by atoms with Gasteiger partial charge in [-0.05, 0) is 18.9 Å². The van der Waals surface area contributed by atoms with Gasteiger partial charge in [0.2, 0.25) is 0 Å². The lowest BCUT2D eigenvalue weighted by atomic mass is 10.2. The first kappa shape index (κ1) is 22.8. The van der Waals surface area contributed by atoms with Crippen LogP contribution >= 0.6 is 11.8 Å². The van der Waals surface area contributed by atoms with E-state index in [2.05, 4.69) is 14.7 Å². The van der Waals surface area contributed by atoms with Crippen LogP contribution in [0.5, 0.6) is 0 Å². The lowest BCUT2D eigenvalue weighted by molar-refractivity contribution is 0.0733. The van der Waals surface area contributed by atoms with E-state index < -0.39 is 21.8 Å². The number of thioether (sulfide) groups is 1. The molecule has 2 N–H and O–H groups in total. The van der Waals surface area contributed by atoms with E-state index in [1.807, 2.05) is 0 Å². The summed E-state index contributed by atoms with van der Waals surface area (Å²) in [5.41, 5.74) is 0.681. The second-order valence-corrected chi connectivity index (χ2v) is 9.09. The Morgan fingerprint density at radius 1 is 1.23 bits per heavy atom. The van der Waals surface area contributed by atoms with Crippen molar-refractivity contribution in [1.82, 2.24) is 14.3 Å². The molecule has 1 aromatic heterocycles. The highest BCUT2D eigenvalue weighted by atomic mass is 32.2. The fourth-order valence-corrected chi connectivity index (χ4v) is 4.74. The molecule has 0 spiro atoms. The number of halogens is 2. The minimum Gasteiger partial charge on any atom is -0.396 e.